The highest BCUT2D eigenvalue weighted by Gasteiger charge is 2.31. The molecule has 2 rings (SSSR count). The van der Waals surface area contributed by atoms with Crippen molar-refractivity contribution < 1.29 is 0 Å². The molecule has 0 bridgehead atoms. The lowest BCUT2D eigenvalue weighted by Gasteiger charge is -2.38. The Morgan fingerprint density at radius 1 is 1.26 bits per heavy atom. The molecular formula is C16H29N3. The van der Waals surface area contributed by atoms with Crippen LogP contribution in [-0.2, 0) is 7.05 Å². The summed E-state index contributed by atoms with van der Waals surface area (Å²) in [6.07, 6.45) is 4.03. The molecular weight excluding hydrogens is 234 g/mol. The van der Waals surface area contributed by atoms with Gasteiger partial charge in [0.15, 0.2) is 0 Å². The molecule has 1 saturated carbocycles. The molecule has 0 aromatic carbocycles. The van der Waals surface area contributed by atoms with E-state index in [9.17, 15) is 0 Å². The van der Waals surface area contributed by atoms with Crippen LogP contribution < -0.4 is 5.32 Å². The average Bonchev–Trinajstić information content (AvgIpc) is 2.56. The minimum absolute atomic E-state index is 0.602. The third-order valence-electron chi connectivity index (χ3n) is 4.86. The van der Waals surface area contributed by atoms with E-state index in [0.717, 1.165) is 23.4 Å². The molecule has 1 aromatic heterocycles. The van der Waals surface area contributed by atoms with Crippen LogP contribution in [0.2, 0.25) is 0 Å². The molecule has 3 atom stereocenters. The maximum absolute atomic E-state index is 4.52. The molecule has 19 heavy (non-hydrogen) atoms. The van der Waals surface area contributed by atoms with E-state index in [-0.39, 0.29) is 0 Å². The molecule has 3 nitrogen and oxygen atoms in total. The van der Waals surface area contributed by atoms with E-state index in [4.69, 9.17) is 0 Å². The van der Waals surface area contributed by atoms with Gasteiger partial charge in [-0.2, -0.15) is 5.10 Å². The molecule has 0 amide bonds. The summed E-state index contributed by atoms with van der Waals surface area (Å²) in [6, 6.07) is 0.602. The predicted octanol–water partition coefficient (Wildman–Crippen LogP) is 3.91. The fourth-order valence-corrected chi connectivity index (χ4v) is 3.54. The van der Waals surface area contributed by atoms with Gasteiger partial charge < -0.3 is 5.32 Å². The molecule has 1 heterocycles. The second-order valence-electron chi connectivity index (χ2n) is 6.75. The van der Waals surface area contributed by atoms with Crippen LogP contribution in [0.25, 0.3) is 0 Å². The van der Waals surface area contributed by atoms with Gasteiger partial charge in [-0.15, -0.1) is 0 Å². The zero-order valence-electron chi connectivity index (χ0n) is 13.3. The molecule has 1 aliphatic carbocycles. The predicted molar refractivity (Wildman–Crippen MR) is 81.4 cm³/mol. The van der Waals surface area contributed by atoms with Gasteiger partial charge in [-0.3, -0.25) is 4.68 Å². The zero-order chi connectivity index (χ0) is 14.2. The highest BCUT2D eigenvalue weighted by molar-refractivity contribution is 5.52. The van der Waals surface area contributed by atoms with Crippen LogP contribution in [0.15, 0.2) is 0 Å². The number of aryl methyl sites for hydroxylation is 2. The average molecular weight is 263 g/mol. The van der Waals surface area contributed by atoms with Gasteiger partial charge in [-0.25, -0.2) is 0 Å². The largest absolute Gasteiger partial charge is 0.379 e. The first-order valence-electron chi connectivity index (χ1n) is 7.66. The summed E-state index contributed by atoms with van der Waals surface area (Å²) in [4.78, 5) is 0. The van der Waals surface area contributed by atoms with Crippen LogP contribution in [0.4, 0.5) is 5.69 Å². The Morgan fingerprint density at radius 3 is 2.47 bits per heavy atom. The quantitative estimate of drug-likeness (QED) is 0.896. The van der Waals surface area contributed by atoms with Crippen LogP contribution in [-0.4, -0.2) is 15.8 Å². The molecule has 0 radical (unpaired) electrons. The highest BCUT2D eigenvalue weighted by Crippen LogP contribution is 2.36. The number of rotatable bonds is 3. The van der Waals surface area contributed by atoms with Gasteiger partial charge in [0.25, 0.3) is 0 Å². The monoisotopic (exact) mass is 263 g/mol. The smallest absolute Gasteiger partial charge is 0.0827 e. The SMILES string of the molecule is Cc1nn(C)c(C)c1NC1CC(C)CCC1C(C)C. The molecule has 0 spiro atoms. The summed E-state index contributed by atoms with van der Waals surface area (Å²) in [5.74, 6) is 2.38. The van der Waals surface area contributed by atoms with Gasteiger partial charge in [0, 0.05) is 13.1 Å². The molecule has 3 heteroatoms. The molecule has 0 aliphatic heterocycles. The summed E-state index contributed by atoms with van der Waals surface area (Å²) in [5.41, 5.74) is 3.63. The van der Waals surface area contributed by atoms with Crippen molar-refractivity contribution in [2.24, 2.45) is 24.8 Å². The minimum Gasteiger partial charge on any atom is -0.379 e. The number of anilines is 1. The van der Waals surface area contributed by atoms with Gasteiger partial charge in [-0.05, 0) is 44.4 Å². The van der Waals surface area contributed by atoms with Crippen molar-refractivity contribution in [2.75, 3.05) is 5.32 Å². The van der Waals surface area contributed by atoms with Crippen LogP contribution in [0.5, 0.6) is 0 Å². The fourth-order valence-electron chi connectivity index (χ4n) is 3.54. The second kappa shape index (κ2) is 5.56. The van der Waals surface area contributed by atoms with Crippen LogP contribution in [0, 0.1) is 31.6 Å². The first-order chi connectivity index (χ1) is 8.90. The number of hydrogen-bond acceptors (Lipinski definition) is 2. The fraction of sp³-hybridized carbons (Fsp3) is 0.812. The van der Waals surface area contributed by atoms with E-state index in [0.29, 0.717) is 6.04 Å². The van der Waals surface area contributed by atoms with Crippen molar-refractivity contribution in [3.63, 3.8) is 0 Å². The third kappa shape index (κ3) is 2.96. The molecule has 0 saturated heterocycles. The molecule has 3 unspecified atom stereocenters. The molecule has 108 valence electrons. The topological polar surface area (TPSA) is 29.9 Å². The summed E-state index contributed by atoms with van der Waals surface area (Å²) in [7, 11) is 2.02. The summed E-state index contributed by atoms with van der Waals surface area (Å²) in [6.45, 7) is 11.4. The van der Waals surface area contributed by atoms with Crippen molar-refractivity contribution >= 4 is 5.69 Å². The number of aromatic nitrogens is 2. The third-order valence-corrected chi connectivity index (χ3v) is 4.86. The standard InChI is InChI=1S/C16H29N3/c1-10(2)14-8-7-11(3)9-15(14)17-16-12(4)18-19(6)13(16)5/h10-11,14-15,17H,7-9H2,1-6H3. The summed E-state index contributed by atoms with van der Waals surface area (Å²) in [5, 5.41) is 8.34. The Morgan fingerprint density at radius 2 is 1.95 bits per heavy atom. The van der Waals surface area contributed by atoms with Gasteiger partial charge in [0.2, 0.25) is 0 Å². The van der Waals surface area contributed by atoms with Crippen molar-refractivity contribution in [2.45, 2.75) is 59.9 Å². The maximum atomic E-state index is 4.52. The molecule has 1 N–H and O–H groups in total. The Kier molecular flexibility index (Phi) is 4.22. The number of nitrogens with one attached hydrogen (secondary N) is 1. The summed E-state index contributed by atoms with van der Waals surface area (Å²) >= 11 is 0. The second-order valence-corrected chi connectivity index (χ2v) is 6.75. The highest BCUT2D eigenvalue weighted by atomic mass is 15.3. The van der Waals surface area contributed by atoms with Gasteiger partial charge in [-0.1, -0.05) is 27.2 Å². The van der Waals surface area contributed by atoms with Crippen LogP contribution >= 0.6 is 0 Å². The van der Waals surface area contributed by atoms with Crippen LogP contribution in [0.1, 0.15) is 51.4 Å². The Balaban J connectivity index is 2.18. The lowest BCUT2D eigenvalue weighted by Crippen LogP contribution is -2.38. The lowest BCUT2D eigenvalue weighted by molar-refractivity contribution is 0.212. The Labute approximate surface area is 117 Å². The van der Waals surface area contributed by atoms with Gasteiger partial charge in [0.05, 0.1) is 17.1 Å². The summed E-state index contributed by atoms with van der Waals surface area (Å²) < 4.78 is 1.98. The molecule has 1 aliphatic rings. The molecule has 1 aromatic rings. The van der Waals surface area contributed by atoms with E-state index in [2.05, 4.69) is 45.0 Å². The molecule has 1 fully saturated rings. The number of nitrogens with zero attached hydrogens (tertiary/aromatic N) is 2. The van der Waals surface area contributed by atoms with Crippen molar-refractivity contribution in [1.29, 1.82) is 0 Å². The zero-order valence-corrected chi connectivity index (χ0v) is 13.3. The Bertz CT molecular complexity index is 433. The minimum atomic E-state index is 0.602. The van der Waals surface area contributed by atoms with E-state index in [1.165, 1.54) is 30.6 Å². The van der Waals surface area contributed by atoms with E-state index in [1.807, 2.05) is 11.7 Å². The van der Waals surface area contributed by atoms with Crippen molar-refractivity contribution in [3.8, 4) is 0 Å². The van der Waals surface area contributed by atoms with Gasteiger partial charge in [0.1, 0.15) is 0 Å². The van der Waals surface area contributed by atoms with E-state index < -0.39 is 0 Å². The lowest BCUT2D eigenvalue weighted by atomic mass is 9.74. The van der Waals surface area contributed by atoms with Crippen LogP contribution in [0.3, 0.4) is 0 Å². The first-order valence-corrected chi connectivity index (χ1v) is 7.66. The Hall–Kier alpha value is -0.990. The normalized spacial score (nSPS) is 27.8. The van der Waals surface area contributed by atoms with E-state index in [1.54, 1.807) is 0 Å². The van der Waals surface area contributed by atoms with Gasteiger partial charge >= 0.3 is 0 Å². The maximum Gasteiger partial charge on any atom is 0.0827 e. The first kappa shape index (κ1) is 14.4. The van der Waals surface area contributed by atoms with E-state index >= 15 is 0 Å². The van der Waals surface area contributed by atoms with Crippen molar-refractivity contribution in [3.05, 3.63) is 11.4 Å². The van der Waals surface area contributed by atoms with Crippen molar-refractivity contribution in [1.82, 2.24) is 9.78 Å². The number of hydrogen-bond donors (Lipinski definition) is 1.